The maximum atomic E-state index is 11.0. The second-order valence-corrected chi connectivity index (χ2v) is 8.17. The molecule has 0 spiro atoms. The van der Waals surface area contributed by atoms with Gasteiger partial charge in [0, 0.05) is 30.3 Å². The Morgan fingerprint density at radius 1 is 1.35 bits per heavy atom. The van der Waals surface area contributed by atoms with Gasteiger partial charge in [0.05, 0.1) is 6.26 Å². The van der Waals surface area contributed by atoms with Crippen LogP contribution in [-0.4, -0.2) is 51.5 Å². The van der Waals surface area contributed by atoms with E-state index in [0.29, 0.717) is 12.5 Å². The summed E-state index contributed by atoms with van der Waals surface area (Å²) in [6, 6.07) is 10.5. The molecule has 0 radical (unpaired) electrons. The average molecular weight is 314 g/mol. The highest BCUT2D eigenvalue weighted by Gasteiger charge is 2.22. The number of thioether (sulfide) groups is 1. The van der Waals surface area contributed by atoms with Crippen LogP contribution in [0.25, 0.3) is 0 Å². The zero-order valence-electron chi connectivity index (χ0n) is 11.8. The molecule has 0 aliphatic carbocycles. The quantitative estimate of drug-likeness (QED) is 0.778. The van der Waals surface area contributed by atoms with Gasteiger partial charge in [-0.05, 0) is 31.0 Å². The molecular formula is C14H22N2O2S2. The summed E-state index contributed by atoms with van der Waals surface area (Å²) in [6.07, 6.45) is 2.41. The highest BCUT2D eigenvalue weighted by molar-refractivity contribution is 7.99. The fraction of sp³-hybridized carbons (Fsp3) is 0.571. The third kappa shape index (κ3) is 5.83. The molecular weight excluding hydrogens is 292 g/mol. The Morgan fingerprint density at radius 3 is 2.80 bits per heavy atom. The van der Waals surface area contributed by atoms with E-state index in [1.165, 1.54) is 17.6 Å². The molecule has 1 aromatic carbocycles. The van der Waals surface area contributed by atoms with Crippen LogP contribution in [0.3, 0.4) is 0 Å². The van der Waals surface area contributed by atoms with Gasteiger partial charge in [-0.1, -0.05) is 18.2 Å². The number of likely N-dealkylation sites (tertiary alicyclic amines) is 1. The minimum atomic E-state index is -3.06. The molecule has 1 unspecified atom stereocenters. The molecule has 1 fully saturated rings. The van der Waals surface area contributed by atoms with Crippen LogP contribution in [0.4, 0.5) is 0 Å². The first-order valence-electron chi connectivity index (χ1n) is 6.88. The molecule has 1 aromatic rings. The molecule has 1 N–H and O–H groups in total. The maximum absolute atomic E-state index is 11.0. The number of rotatable bonds is 7. The summed E-state index contributed by atoms with van der Waals surface area (Å²) in [4.78, 5) is 3.67. The summed E-state index contributed by atoms with van der Waals surface area (Å²) in [5.74, 6) is 1.85. The normalized spacial score (nSPS) is 20.4. The minimum absolute atomic E-state index is 0.511. The SMILES string of the molecule is CS(=O)(=O)NCCN1CCC(CSc2ccccc2)C1. The molecule has 0 bridgehead atoms. The van der Waals surface area contributed by atoms with Gasteiger partial charge in [0.15, 0.2) is 0 Å². The molecule has 112 valence electrons. The molecule has 0 saturated carbocycles. The molecule has 1 heterocycles. The first-order valence-corrected chi connectivity index (χ1v) is 9.75. The van der Waals surface area contributed by atoms with Crippen molar-refractivity contribution in [2.45, 2.75) is 11.3 Å². The lowest BCUT2D eigenvalue weighted by Crippen LogP contribution is -2.33. The van der Waals surface area contributed by atoms with Crippen molar-refractivity contribution in [1.82, 2.24) is 9.62 Å². The predicted octanol–water partition coefficient (Wildman–Crippen LogP) is 1.65. The molecule has 6 heteroatoms. The number of hydrogen-bond donors (Lipinski definition) is 1. The van der Waals surface area contributed by atoms with Gasteiger partial charge >= 0.3 is 0 Å². The van der Waals surface area contributed by atoms with Crippen LogP contribution in [0.15, 0.2) is 35.2 Å². The van der Waals surface area contributed by atoms with Gasteiger partial charge in [-0.2, -0.15) is 0 Å². The Hall–Kier alpha value is -0.560. The molecule has 1 aliphatic heterocycles. The van der Waals surface area contributed by atoms with Crippen molar-refractivity contribution >= 4 is 21.8 Å². The average Bonchev–Trinajstić information content (AvgIpc) is 2.84. The summed E-state index contributed by atoms with van der Waals surface area (Å²) in [7, 11) is -3.06. The van der Waals surface area contributed by atoms with Gasteiger partial charge in [0.1, 0.15) is 0 Å². The van der Waals surface area contributed by atoms with Crippen LogP contribution in [-0.2, 0) is 10.0 Å². The lowest BCUT2D eigenvalue weighted by Gasteiger charge is -2.15. The Morgan fingerprint density at radius 2 is 2.10 bits per heavy atom. The van der Waals surface area contributed by atoms with Gasteiger partial charge in [0.25, 0.3) is 0 Å². The molecule has 1 saturated heterocycles. The summed E-state index contributed by atoms with van der Waals surface area (Å²) in [6.45, 7) is 3.47. The fourth-order valence-corrected chi connectivity index (χ4v) is 3.88. The van der Waals surface area contributed by atoms with Crippen molar-refractivity contribution in [2.75, 3.05) is 38.2 Å². The van der Waals surface area contributed by atoms with Crippen LogP contribution in [0, 0.1) is 5.92 Å². The lowest BCUT2D eigenvalue weighted by molar-refractivity contribution is 0.334. The third-order valence-electron chi connectivity index (χ3n) is 3.39. The number of hydrogen-bond acceptors (Lipinski definition) is 4. The van der Waals surface area contributed by atoms with E-state index in [1.54, 1.807) is 0 Å². The number of benzene rings is 1. The van der Waals surface area contributed by atoms with Crippen LogP contribution in [0.1, 0.15) is 6.42 Å². The molecule has 0 aromatic heterocycles. The van der Waals surface area contributed by atoms with Crippen molar-refractivity contribution < 1.29 is 8.42 Å². The van der Waals surface area contributed by atoms with E-state index in [4.69, 9.17) is 0 Å². The van der Waals surface area contributed by atoms with E-state index in [1.807, 2.05) is 17.8 Å². The Kier molecular flexibility index (Phi) is 5.89. The van der Waals surface area contributed by atoms with Gasteiger partial charge < -0.3 is 4.90 Å². The Bertz CT molecular complexity index is 505. The van der Waals surface area contributed by atoms with Crippen LogP contribution in [0.5, 0.6) is 0 Å². The Labute approximate surface area is 126 Å². The van der Waals surface area contributed by atoms with Crippen molar-refractivity contribution in [1.29, 1.82) is 0 Å². The van der Waals surface area contributed by atoms with E-state index in [-0.39, 0.29) is 0 Å². The molecule has 20 heavy (non-hydrogen) atoms. The van der Waals surface area contributed by atoms with Gasteiger partial charge in [-0.15, -0.1) is 11.8 Å². The molecule has 0 amide bonds. The molecule has 2 rings (SSSR count). The lowest BCUT2D eigenvalue weighted by atomic mass is 10.2. The first kappa shape index (κ1) is 15.8. The Balaban J connectivity index is 1.65. The zero-order chi connectivity index (χ0) is 14.4. The smallest absolute Gasteiger partial charge is 0.208 e. The van der Waals surface area contributed by atoms with Gasteiger partial charge in [0.2, 0.25) is 10.0 Å². The zero-order valence-corrected chi connectivity index (χ0v) is 13.4. The number of nitrogens with one attached hydrogen (secondary N) is 1. The van der Waals surface area contributed by atoms with Crippen LogP contribution in [0.2, 0.25) is 0 Å². The second-order valence-electron chi connectivity index (χ2n) is 5.25. The monoisotopic (exact) mass is 314 g/mol. The van der Waals surface area contributed by atoms with Crippen molar-refractivity contribution in [2.24, 2.45) is 5.92 Å². The highest BCUT2D eigenvalue weighted by Crippen LogP contribution is 2.25. The first-order chi connectivity index (χ1) is 9.53. The van der Waals surface area contributed by atoms with Gasteiger partial charge in [-0.25, -0.2) is 13.1 Å². The summed E-state index contributed by atoms with van der Waals surface area (Å²) in [5, 5.41) is 0. The molecule has 1 atom stereocenters. The number of nitrogens with zero attached hydrogens (tertiary/aromatic N) is 1. The van der Waals surface area contributed by atoms with E-state index in [2.05, 4.69) is 33.9 Å². The second kappa shape index (κ2) is 7.45. The highest BCUT2D eigenvalue weighted by atomic mass is 32.2. The van der Waals surface area contributed by atoms with E-state index >= 15 is 0 Å². The number of sulfonamides is 1. The molecule has 1 aliphatic rings. The van der Waals surface area contributed by atoms with Crippen molar-refractivity contribution in [3.05, 3.63) is 30.3 Å². The topological polar surface area (TPSA) is 49.4 Å². The third-order valence-corrected chi connectivity index (χ3v) is 5.36. The van der Waals surface area contributed by atoms with Crippen LogP contribution < -0.4 is 4.72 Å². The van der Waals surface area contributed by atoms with E-state index in [0.717, 1.165) is 25.4 Å². The van der Waals surface area contributed by atoms with Crippen LogP contribution >= 0.6 is 11.8 Å². The maximum Gasteiger partial charge on any atom is 0.208 e. The largest absolute Gasteiger partial charge is 0.302 e. The van der Waals surface area contributed by atoms with Crippen molar-refractivity contribution in [3.8, 4) is 0 Å². The summed E-state index contributed by atoms with van der Waals surface area (Å²) < 4.78 is 24.5. The van der Waals surface area contributed by atoms with Crippen molar-refractivity contribution in [3.63, 3.8) is 0 Å². The molecule has 4 nitrogen and oxygen atoms in total. The fourth-order valence-electron chi connectivity index (χ4n) is 2.37. The predicted molar refractivity (Wildman–Crippen MR) is 84.6 cm³/mol. The standard InChI is InChI=1S/C14H22N2O2S2/c1-20(17,18)15-8-10-16-9-7-13(11-16)12-19-14-5-3-2-4-6-14/h2-6,13,15H,7-12H2,1H3. The summed E-state index contributed by atoms with van der Waals surface area (Å²) >= 11 is 1.91. The van der Waals surface area contributed by atoms with E-state index in [9.17, 15) is 8.42 Å². The minimum Gasteiger partial charge on any atom is -0.302 e. The van der Waals surface area contributed by atoms with Gasteiger partial charge in [-0.3, -0.25) is 0 Å². The summed E-state index contributed by atoms with van der Waals surface area (Å²) in [5.41, 5.74) is 0. The van der Waals surface area contributed by atoms with E-state index < -0.39 is 10.0 Å².